The fourth-order valence-corrected chi connectivity index (χ4v) is 2.90. The van der Waals surface area contributed by atoms with Crippen LogP contribution in [-0.2, 0) is 19.6 Å². The molecular formula is C14H18ClN3S. The van der Waals surface area contributed by atoms with Crippen molar-refractivity contribution in [3.8, 4) is 0 Å². The summed E-state index contributed by atoms with van der Waals surface area (Å²) in [6.07, 6.45) is 0. The van der Waals surface area contributed by atoms with Crippen LogP contribution in [0.5, 0.6) is 0 Å². The van der Waals surface area contributed by atoms with Crippen LogP contribution in [0, 0.1) is 0 Å². The molecule has 0 radical (unpaired) electrons. The number of nitrogens with one attached hydrogen (secondary N) is 1. The molecule has 1 aromatic carbocycles. The normalized spacial score (nSPS) is 11.2. The average Bonchev–Trinajstić information content (AvgIpc) is 2.80. The lowest BCUT2D eigenvalue weighted by atomic mass is 10.2. The maximum atomic E-state index is 6.17. The Morgan fingerprint density at radius 1 is 1.32 bits per heavy atom. The number of hydrogen-bond donors (Lipinski definition) is 1. The first-order valence-electron chi connectivity index (χ1n) is 6.19. The number of nitrogens with zero attached hydrogens (tertiary/aromatic N) is 2. The summed E-state index contributed by atoms with van der Waals surface area (Å²) in [5.41, 5.74) is 2.27. The van der Waals surface area contributed by atoms with Gasteiger partial charge in [-0.25, -0.2) is 4.98 Å². The van der Waals surface area contributed by atoms with E-state index in [2.05, 4.69) is 33.7 Å². The lowest BCUT2D eigenvalue weighted by Crippen LogP contribution is -2.17. The molecule has 3 nitrogen and oxygen atoms in total. The van der Waals surface area contributed by atoms with E-state index in [-0.39, 0.29) is 0 Å². The second-order valence-corrected chi connectivity index (χ2v) is 5.88. The zero-order valence-electron chi connectivity index (χ0n) is 11.2. The number of rotatable bonds is 6. The maximum absolute atomic E-state index is 6.17. The number of benzene rings is 1. The van der Waals surface area contributed by atoms with Crippen LogP contribution in [-0.4, -0.2) is 24.0 Å². The first-order valence-corrected chi connectivity index (χ1v) is 7.44. The summed E-state index contributed by atoms with van der Waals surface area (Å²) >= 11 is 7.87. The molecule has 1 N–H and O–H groups in total. The quantitative estimate of drug-likeness (QED) is 0.887. The van der Waals surface area contributed by atoms with Crippen molar-refractivity contribution in [2.45, 2.75) is 19.6 Å². The van der Waals surface area contributed by atoms with Crippen LogP contribution in [0.4, 0.5) is 0 Å². The van der Waals surface area contributed by atoms with E-state index >= 15 is 0 Å². The Morgan fingerprint density at radius 2 is 2.11 bits per heavy atom. The van der Waals surface area contributed by atoms with Crippen LogP contribution < -0.4 is 5.32 Å². The van der Waals surface area contributed by atoms with Crippen LogP contribution in [0.3, 0.4) is 0 Å². The van der Waals surface area contributed by atoms with Gasteiger partial charge in [0.05, 0.1) is 5.69 Å². The van der Waals surface area contributed by atoms with Crippen molar-refractivity contribution in [3.63, 3.8) is 0 Å². The van der Waals surface area contributed by atoms with Crippen molar-refractivity contribution >= 4 is 22.9 Å². The Morgan fingerprint density at radius 3 is 2.84 bits per heavy atom. The highest BCUT2D eigenvalue weighted by molar-refractivity contribution is 7.09. The molecule has 0 aliphatic heterocycles. The van der Waals surface area contributed by atoms with Gasteiger partial charge in [0.25, 0.3) is 0 Å². The molecule has 0 atom stereocenters. The molecule has 0 saturated heterocycles. The van der Waals surface area contributed by atoms with Gasteiger partial charge in [-0.3, -0.25) is 4.90 Å². The van der Waals surface area contributed by atoms with Gasteiger partial charge in [-0.2, -0.15) is 0 Å². The highest BCUT2D eigenvalue weighted by atomic mass is 35.5. The molecule has 2 rings (SSSR count). The van der Waals surface area contributed by atoms with Crippen molar-refractivity contribution in [1.82, 2.24) is 15.2 Å². The first kappa shape index (κ1) is 14.5. The smallest absolute Gasteiger partial charge is 0.107 e. The molecule has 1 heterocycles. The van der Waals surface area contributed by atoms with Crippen molar-refractivity contribution in [2.24, 2.45) is 0 Å². The van der Waals surface area contributed by atoms with Crippen LogP contribution >= 0.6 is 22.9 Å². The van der Waals surface area contributed by atoms with Crippen LogP contribution in [0.25, 0.3) is 0 Å². The molecule has 0 unspecified atom stereocenters. The monoisotopic (exact) mass is 295 g/mol. The SMILES string of the molecule is CNCc1nc(CN(C)Cc2ccccc2Cl)cs1. The van der Waals surface area contributed by atoms with Gasteiger partial charge in [-0.05, 0) is 25.7 Å². The molecule has 1 aromatic heterocycles. The molecule has 0 fully saturated rings. The van der Waals surface area contributed by atoms with E-state index in [1.54, 1.807) is 11.3 Å². The average molecular weight is 296 g/mol. The lowest BCUT2D eigenvalue weighted by Gasteiger charge is -2.16. The van der Waals surface area contributed by atoms with Crippen LogP contribution in [0.2, 0.25) is 5.02 Å². The van der Waals surface area contributed by atoms with Gasteiger partial charge in [0.15, 0.2) is 0 Å². The molecule has 102 valence electrons. The van der Waals surface area contributed by atoms with Crippen LogP contribution in [0.15, 0.2) is 29.6 Å². The molecule has 0 aliphatic rings. The summed E-state index contributed by atoms with van der Waals surface area (Å²) in [6, 6.07) is 7.96. The van der Waals surface area contributed by atoms with Gasteiger partial charge in [0.2, 0.25) is 0 Å². The Labute approximate surface area is 123 Å². The highest BCUT2D eigenvalue weighted by Gasteiger charge is 2.07. The summed E-state index contributed by atoms with van der Waals surface area (Å²) in [6.45, 7) is 2.50. The van der Waals surface area contributed by atoms with E-state index in [0.717, 1.165) is 40.9 Å². The van der Waals surface area contributed by atoms with Gasteiger partial charge in [0, 0.05) is 30.0 Å². The topological polar surface area (TPSA) is 28.2 Å². The number of hydrogen-bond acceptors (Lipinski definition) is 4. The number of thiazole rings is 1. The minimum absolute atomic E-state index is 0.823. The predicted octanol–water partition coefficient (Wildman–Crippen LogP) is 3.15. The zero-order valence-corrected chi connectivity index (χ0v) is 12.8. The van der Waals surface area contributed by atoms with E-state index in [4.69, 9.17) is 11.6 Å². The standard InChI is InChI=1S/C14H18ClN3S/c1-16-7-14-17-12(10-19-14)9-18(2)8-11-5-3-4-6-13(11)15/h3-6,10,16H,7-9H2,1-2H3. The fraction of sp³-hybridized carbons (Fsp3) is 0.357. The van der Waals surface area contributed by atoms with Crippen molar-refractivity contribution < 1.29 is 0 Å². The number of aromatic nitrogens is 1. The molecule has 5 heteroatoms. The van der Waals surface area contributed by atoms with Gasteiger partial charge in [-0.15, -0.1) is 11.3 Å². The third-order valence-electron chi connectivity index (χ3n) is 2.76. The summed E-state index contributed by atoms with van der Waals surface area (Å²) in [5.74, 6) is 0. The van der Waals surface area contributed by atoms with Gasteiger partial charge in [0.1, 0.15) is 5.01 Å². The summed E-state index contributed by atoms with van der Waals surface area (Å²) < 4.78 is 0. The minimum atomic E-state index is 0.823. The van der Waals surface area contributed by atoms with Gasteiger partial charge >= 0.3 is 0 Å². The van der Waals surface area contributed by atoms with E-state index in [9.17, 15) is 0 Å². The zero-order chi connectivity index (χ0) is 13.7. The second-order valence-electron chi connectivity index (χ2n) is 4.53. The summed E-state index contributed by atoms with van der Waals surface area (Å²) in [7, 11) is 4.02. The molecule has 19 heavy (non-hydrogen) atoms. The van der Waals surface area contributed by atoms with Crippen molar-refractivity contribution in [1.29, 1.82) is 0 Å². The Kier molecular flexibility index (Phi) is 5.34. The van der Waals surface area contributed by atoms with E-state index in [1.807, 2.05) is 25.2 Å². The largest absolute Gasteiger partial charge is 0.314 e. The Hall–Kier alpha value is -0.940. The van der Waals surface area contributed by atoms with Crippen LogP contribution in [0.1, 0.15) is 16.3 Å². The van der Waals surface area contributed by atoms with E-state index in [1.165, 1.54) is 0 Å². The van der Waals surface area contributed by atoms with E-state index in [0.29, 0.717) is 0 Å². The minimum Gasteiger partial charge on any atom is -0.314 e. The lowest BCUT2D eigenvalue weighted by molar-refractivity contribution is 0.315. The summed E-state index contributed by atoms with van der Waals surface area (Å²) in [4.78, 5) is 6.81. The highest BCUT2D eigenvalue weighted by Crippen LogP contribution is 2.18. The number of halogens is 1. The molecule has 0 saturated carbocycles. The fourth-order valence-electron chi connectivity index (χ4n) is 1.90. The summed E-state index contributed by atoms with van der Waals surface area (Å²) in [5, 5.41) is 7.19. The molecule has 0 amide bonds. The molecule has 2 aromatic rings. The Bertz CT molecular complexity index is 527. The Balaban J connectivity index is 1.93. The van der Waals surface area contributed by atoms with Gasteiger partial charge in [-0.1, -0.05) is 29.8 Å². The van der Waals surface area contributed by atoms with Gasteiger partial charge < -0.3 is 5.32 Å². The molecule has 0 spiro atoms. The third kappa shape index (κ3) is 4.28. The van der Waals surface area contributed by atoms with Crippen molar-refractivity contribution in [2.75, 3.05) is 14.1 Å². The molecule has 0 bridgehead atoms. The maximum Gasteiger partial charge on any atom is 0.107 e. The second kappa shape index (κ2) is 7.01. The third-order valence-corrected chi connectivity index (χ3v) is 4.02. The van der Waals surface area contributed by atoms with E-state index < -0.39 is 0 Å². The molecule has 0 aliphatic carbocycles. The van der Waals surface area contributed by atoms with Crippen molar-refractivity contribution in [3.05, 3.63) is 50.9 Å². The first-order chi connectivity index (χ1) is 9.19. The predicted molar refractivity (Wildman–Crippen MR) is 81.5 cm³/mol. The molecular weight excluding hydrogens is 278 g/mol.